The van der Waals surface area contributed by atoms with Crippen molar-refractivity contribution in [1.29, 1.82) is 0 Å². The third-order valence-electron chi connectivity index (χ3n) is 3.88. The summed E-state index contributed by atoms with van der Waals surface area (Å²) in [5, 5.41) is 0. The Morgan fingerprint density at radius 3 is 2.24 bits per heavy atom. The third kappa shape index (κ3) is 3.56. The molecule has 1 aliphatic carbocycles. The lowest BCUT2D eigenvalue weighted by Crippen LogP contribution is -2.44. The van der Waals surface area contributed by atoms with Crippen molar-refractivity contribution in [1.82, 2.24) is 4.90 Å². The first kappa shape index (κ1) is 15.8. The molecule has 0 unspecified atom stereocenters. The number of hydrogen-bond donors (Lipinski definition) is 1. The molecule has 1 fully saturated rings. The van der Waals surface area contributed by atoms with Crippen LogP contribution in [0.15, 0.2) is 12.1 Å². The van der Waals surface area contributed by atoms with Crippen LogP contribution in [0.25, 0.3) is 0 Å². The van der Waals surface area contributed by atoms with Crippen LogP contribution in [-0.4, -0.2) is 29.9 Å². The zero-order valence-electron chi connectivity index (χ0n) is 11.7. The van der Waals surface area contributed by atoms with Crippen molar-refractivity contribution in [3.8, 4) is 0 Å². The van der Waals surface area contributed by atoms with Gasteiger partial charge in [-0.05, 0) is 25.0 Å². The van der Waals surface area contributed by atoms with E-state index in [1.165, 1.54) is 0 Å². The number of nitrogens with two attached hydrogens (primary N) is 1. The minimum Gasteiger partial charge on any atom is -0.334 e. The Labute approximate surface area is 121 Å². The summed E-state index contributed by atoms with van der Waals surface area (Å²) >= 11 is 0. The number of rotatable bonds is 4. The largest absolute Gasteiger partial charge is 0.334 e. The highest BCUT2D eigenvalue weighted by atomic mass is 19.2. The van der Waals surface area contributed by atoms with Gasteiger partial charge in [0, 0.05) is 24.7 Å². The standard InChI is InChI=1S/C15H19F3N2O/c16-12-8-10(9-13(17)14(12)18)15(21)20(7-6-19)11-4-2-1-3-5-11/h8-9,11H,1-7,19H2. The number of carbonyl (C=O) groups is 1. The maximum atomic E-state index is 13.3. The van der Waals surface area contributed by atoms with Crippen molar-refractivity contribution in [3.05, 3.63) is 35.1 Å². The van der Waals surface area contributed by atoms with Crippen molar-refractivity contribution in [2.75, 3.05) is 13.1 Å². The molecule has 0 heterocycles. The lowest BCUT2D eigenvalue weighted by Gasteiger charge is -2.34. The maximum Gasteiger partial charge on any atom is 0.254 e. The van der Waals surface area contributed by atoms with Crippen LogP contribution in [0.3, 0.4) is 0 Å². The summed E-state index contributed by atoms with van der Waals surface area (Å²) < 4.78 is 39.5. The molecule has 21 heavy (non-hydrogen) atoms. The molecule has 0 radical (unpaired) electrons. The zero-order valence-corrected chi connectivity index (χ0v) is 11.7. The lowest BCUT2D eigenvalue weighted by molar-refractivity contribution is 0.0640. The average molecular weight is 300 g/mol. The number of amides is 1. The van der Waals surface area contributed by atoms with E-state index in [-0.39, 0.29) is 18.2 Å². The Hall–Kier alpha value is -1.56. The molecule has 6 heteroatoms. The predicted molar refractivity (Wildman–Crippen MR) is 73.3 cm³/mol. The molecule has 0 atom stereocenters. The van der Waals surface area contributed by atoms with E-state index in [0.29, 0.717) is 6.54 Å². The highest BCUT2D eigenvalue weighted by molar-refractivity contribution is 5.94. The van der Waals surface area contributed by atoms with E-state index in [2.05, 4.69) is 0 Å². The molecule has 116 valence electrons. The zero-order chi connectivity index (χ0) is 15.4. The minimum absolute atomic E-state index is 0.0333. The topological polar surface area (TPSA) is 46.3 Å². The summed E-state index contributed by atoms with van der Waals surface area (Å²) in [5.41, 5.74) is 5.36. The second-order valence-corrected chi connectivity index (χ2v) is 5.33. The van der Waals surface area contributed by atoms with Gasteiger partial charge in [-0.25, -0.2) is 13.2 Å². The van der Waals surface area contributed by atoms with E-state index >= 15 is 0 Å². The number of halogens is 3. The number of benzene rings is 1. The van der Waals surface area contributed by atoms with E-state index in [1.54, 1.807) is 4.90 Å². The molecule has 1 aromatic rings. The molecule has 0 aromatic heterocycles. The molecule has 3 nitrogen and oxygen atoms in total. The van der Waals surface area contributed by atoms with Crippen LogP contribution in [0.4, 0.5) is 13.2 Å². The van der Waals surface area contributed by atoms with Gasteiger partial charge in [-0.1, -0.05) is 19.3 Å². The molecule has 2 N–H and O–H groups in total. The summed E-state index contributed by atoms with van der Waals surface area (Å²) in [6.45, 7) is 0.596. The SMILES string of the molecule is NCCN(C(=O)c1cc(F)c(F)c(F)c1)C1CCCCC1. The quantitative estimate of drug-likeness (QED) is 0.869. The molecule has 1 saturated carbocycles. The lowest BCUT2D eigenvalue weighted by atomic mass is 9.93. The Morgan fingerprint density at radius 2 is 1.71 bits per heavy atom. The molecule has 1 amide bonds. The Morgan fingerprint density at radius 1 is 1.14 bits per heavy atom. The molecule has 0 bridgehead atoms. The summed E-state index contributed by atoms with van der Waals surface area (Å²) in [5.74, 6) is -4.76. The van der Waals surface area contributed by atoms with Crippen LogP contribution in [0.5, 0.6) is 0 Å². The van der Waals surface area contributed by atoms with Crippen molar-refractivity contribution in [2.45, 2.75) is 38.1 Å². The molecule has 2 rings (SSSR count). The van der Waals surface area contributed by atoms with Gasteiger partial charge in [0.15, 0.2) is 17.5 Å². The van der Waals surface area contributed by atoms with Gasteiger partial charge in [-0.15, -0.1) is 0 Å². The van der Waals surface area contributed by atoms with E-state index in [9.17, 15) is 18.0 Å². The van der Waals surface area contributed by atoms with E-state index < -0.39 is 23.4 Å². The van der Waals surface area contributed by atoms with Gasteiger partial charge < -0.3 is 10.6 Å². The first-order valence-electron chi connectivity index (χ1n) is 7.20. The second kappa shape index (κ2) is 6.93. The van der Waals surface area contributed by atoms with Crippen LogP contribution in [-0.2, 0) is 0 Å². The summed E-state index contributed by atoms with van der Waals surface area (Å²) in [7, 11) is 0. The second-order valence-electron chi connectivity index (χ2n) is 5.33. The first-order chi connectivity index (χ1) is 10.0. The van der Waals surface area contributed by atoms with Gasteiger partial charge in [0.2, 0.25) is 0 Å². The van der Waals surface area contributed by atoms with Crippen LogP contribution < -0.4 is 5.73 Å². The Balaban J connectivity index is 2.25. The normalized spacial score (nSPS) is 16.0. The summed E-state index contributed by atoms with van der Waals surface area (Å²) in [4.78, 5) is 14.0. The maximum absolute atomic E-state index is 13.3. The van der Waals surface area contributed by atoms with E-state index in [4.69, 9.17) is 5.73 Å². The highest BCUT2D eigenvalue weighted by Gasteiger charge is 2.27. The van der Waals surface area contributed by atoms with Gasteiger partial charge in [0.1, 0.15) is 0 Å². The molecular formula is C15H19F3N2O. The van der Waals surface area contributed by atoms with E-state index in [0.717, 1.165) is 44.2 Å². The van der Waals surface area contributed by atoms with Crippen molar-refractivity contribution >= 4 is 5.91 Å². The molecule has 0 spiro atoms. The first-order valence-corrected chi connectivity index (χ1v) is 7.20. The fourth-order valence-corrected chi connectivity index (χ4v) is 2.83. The molecule has 1 aromatic carbocycles. The van der Waals surface area contributed by atoms with Gasteiger partial charge in [0.05, 0.1) is 0 Å². The number of hydrogen-bond acceptors (Lipinski definition) is 2. The highest BCUT2D eigenvalue weighted by Crippen LogP contribution is 2.24. The van der Waals surface area contributed by atoms with Gasteiger partial charge >= 0.3 is 0 Å². The fraction of sp³-hybridized carbons (Fsp3) is 0.533. The average Bonchev–Trinajstić information content (AvgIpc) is 2.50. The number of carbonyl (C=O) groups excluding carboxylic acids is 1. The van der Waals surface area contributed by atoms with Gasteiger partial charge in [0.25, 0.3) is 5.91 Å². The van der Waals surface area contributed by atoms with Crippen molar-refractivity contribution in [3.63, 3.8) is 0 Å². The van der Waals surface area contributed by atoms with Crippen LogP contribution in [0.2, 0.25) is 0 Å². The van der Waals surface area contributed by atoms with Gasteiger partial charge in [-0.3, -0.25) is 4.79 Å². The Kier molecular flexibility index (Phi) is 5.22. The predicted octanol–water partition coefficient (Wildman–Crippen LogP) is 2.84. The van der Waals surface area contributed by atoms with Crippen LogP contribution in [0.1, 0.15) is 42.5 Å². The third-order valence-corrected chi connectivity index (χ3v) is 3.88. The molecule has 0 saturated heterocycles. The van der Waals surface area contributed by atoms with Crippen molar-refractivity contribution in [2.24, 2.45) is 5.73 Å². The molecular weight excluding hydrogens is 281 g/mol. The number of nitrogens with zero attached hydrogens (tertiary/aromatic N) is 1. The van der Waals surface area contributed by atoms with Crippen molar-refractivity contribution < 1.29 is 18.0 Å². The molecule has 1 aliphatic rings. The molecule has 0 aliphatic heterocycles. The van der Waals surface area contributed by atoms with Crippen LogP contribution in [0, 0.1) is 17.5 Å². The minimum atomic E-state index is -1.56. The van der Waals surface area contributed by atoms with Gasteiger partial charge in [-0.2, -0.15) is 0 Å². The van der Waals surface area contributed by atoms with E-state index in [1.807, 2.05) is 0 Å². The summed E-state index contributed by atoms with van der Waals surface area (Å²) in [6, 6.07) is 1.52. The smallest absolute Gasteiger partial charge is 0.254 e. The Bertz CT molecular complexity index is 493. The summed E-state index contributed by atoms with van der Waals surface area (Å²) in [6.07, 6.45) is 4.88. The fourth-order valence-electron chi connectivity index (χ4n) is 2.83. The monoisotopic (exact) mass is 300 g/mol. The van der Waals surface area contributed by atoms with Crippen LogP contribution >= 0.6 is 0 Å².